The van der Waals surface area contributed by atoms with Crippen LogP contribution in [0.25, 0.3) is 0 Å². The van der Waals surface area contributed by atoms with Crippen molar-refractivity contribution >= 4 is 6.41 Å². The van der Waals surface area contributed by atoms with Gasteiger partial charge < -0.3 is 10.4 Å². The molecule has 0 bridgehead atoms. The van der Waals surface area contributed by atoms with Crippen LogP contribution in [0.3, 0.4) is 0 Å². The Morgan fingerprint density at radius 3 is 2.60 bits per heavy atom. The van der Waals surface area contributed by atoms with E-state index in [1.54, 1.807) is 6.92 Å². The summed E-state index contributed by atoms with van der Waals surface area (Å²) >= 11 is 0. The zero-order valence-electron chi connectivity index (χ0n) is 6.50. The van der Waals surface area contributed by atoms with Crippen LogP contribution in [0.5, 0.6) is 0 Å². The van der Waals surface area contributed by atoms with Crippen LogP contribution in [0.1, 0.15) is 20.3 Å². The first-order valence-electron chi connectivity index (χ1n) is 3.57. The molecule has 60 valence electrons. The zero-order valence-corrected chi connectivity index (χ0v) is 6.50. The summed E-state index contributed by atoms with van der Waals surface area (Å²) in [6, 6.07) is 0. The van der Waals surface area contributed by atoms with Crippen molar-refractivity contribution in [2.45, 2.75) is 26.4 Å². The molecule has 0 aromatic carbocycles. The third-order valence-corrected chi connectivity index (χ3v) is 1.67. The van der Waals surface area contributed by atoms with Crippen molar-refractivity contribution in [1.29, 1.82) is 0 Å². The van der Waals surface area contributed by atoms with E-state index in [9.17, 15) is 4.79 Å². The fourth-order valence-corrected chi connectivity index (χ4v) is 0.855. The van der Waals surface area contributed by atoms with E-state index in [-0.39, 0.29) is 12.0 Å². The van der Waals surface area contributed by atoms with Crippen molar-refractivity contribution in [3.8, 4) is 0 Å². The highest BCUT2D eigenvalue weighted by Crippen LogP contribution is 2.05. The first-order valence-corrected chi connectivity index (χ1v) is 3.57. The maximum absolute atomic E-state index is 9.86. The number of aliphatic hydroxyl groups is 1. The van der Waals surface area contributed by atoms with E-state index in [1.807, 2.05) is 6.92 Å². The van der Waals surface area contributed by atoms with Crippen molar-refractivity contribution in [3.63, 3.8) is 0 Å². The molecule has 0 saturated carbocycles. The van der Waals surface area contributed by atoms with Crippen molar-refractivity contribution < 1.29 is 9.90 Å². The molecule has 0 aromatic heterocycles. The van der Waals surface area contributed by atoms with Crippen LogP contribution in [-0.4, -0.2) is 24.2 Å². The van der Waals surface area contributed by atoms with Crippen molar-refractivity contribution in [2.24, 2.45) is 5.92 Å². The number of hydrogen-bond acceptors (Lipinski definition) is 2. The number of amides is 1. The largest absolute Gasteiger partial charge is 0.393 e. The second kappa shape index (κ2) is 5.23. The van der Waals surface area contributed by atoms with Crippen LogP contribution in [0, 0.1) is 5.92 Å². The van der Waals surface area contributed by atoms with Gasteiger partial charge in [0.15, 0.2) is 0 Å². The van der Waals surface area contributed by atoms with Gasteiger partial charge in [0.25, 0.3) is 0 Å². The Labute approximate surface area is 61.4 Å². The van der Waals surface area contributed by atoms with Gasteiger partial charge in [-0.15, -0.1) is 0 Å². The van der Waals surface area contributed by atoms with Crippen molar-refractivity contribution in [1.82, 2.24) is 5.32 Å². The number of aliphatic hydroxyl groups excluding tert-OH is 1. The molecule has 0 rings (SSSR count). The third-order valence-electron chi connectivity index (χ3n) is 1.67. The molecular weight excluding hydrogens is 130 g/mol. The van der Waals surface area contributed by atoms with Gasteiger partial charge in [0, 0.05) is 12.5 Å². The second-order valence-corrected chi connectivity index (χ2v) is 2.44. The van der Waals surface area contributed by atoms with E-state index in [0.717, 1.165) is 6.42 Å². The molecule has 2 atom stereocenters. The molecule has 0 aromatic rings. The van der Waals surface area contributed by atoms with Crippen LogP contribution >= 0.6 is 0 Å². The SMILES string of the molecule is CCC(CNC=O)C(C)O. The standard InChI is InChI=1S/C7H15NO2/c1-3-7(6(2)10)4-8-5-9/h5-7,10H,3-4H2,1-2H3,(H,8,9). The van der Waals surface area contributed by atoms with Crippen LogP contribution < -0.4 is 5.32 Å². The predicted octanol–water partition coefficient (Wildman–Crippen LogP) is 0.139. The molecule has 1 amide bonds. The smallest absolute Gasteiger partial charge is 0.207 e. The number of carbonyl (C=O) groups excluding carboxylic acids is 1. The Bertz CT molecular complexity index is 93.6. The molecule has 0 spiro atoms. The molecule has 2 N–H and O–H groups in total. The first kappa shape index (κ1) is 9.43. The van der Waals surface area contributed by atoms with E-state index < -0.39 is 0 Å². The molecule has 10 heavy (non-hydrogen) atoms. The minimum atomic E-state index is -0.336. The molecule has 0 aliphatic rings. The highest BCUT2D eigenvalue weighted by molar-refractivity contribution is 5.45. The lowest BCUT2D eigenvalue weighted by Gasteiger charge is -2.16. The fourth-order valence-electron chi connectivity index (χ4n) is 0.855. The van der Waals surface area contributed by atoms with Gasteiger partial charge >= 0.3 is 0 Å². The molecule has 0 fully saturated rings. The molecule has 2 unspecified atom stereocenters. The highest BCUT2D eigenvalue weighted by atomic mass is 16.3. The summed E-state index contributed by atoms with van der Waals surface area (Å²) < 4.78 is 0. The van der Waals surface area contributed by atoms with Gasteiger partial charge in [-0.05, 0) is 13.3 Å². The lowest BCUT2D eigenvalue weighted by atomic mass is 10.0. The van der Waals surface area contributed by atoms with Gasteiger partial charge in [-0.3, -0.25) is 4.79 Å². The Morgan fingerprint density at radius 1 is 1.70 bits per heavy atom. The maximum atomic E-state index is 9.86. The fraction of sp³-hybridized carbons (Fsp3) is 0.857. The quantitative estimate of drug-likeness (QED) is 0.541. The molecule has 0 heterocycles. The van der Waals surface area contributed by atoms with Crippen LogP contribution in [-0.2, 0) is 4.79 Å². The normalized spacial score (nSPS) is 15.9. The Kier molecular flexibility index (Phi) is 4.94. The molecule has 3 heteroatoms. The Morgan fingerprint density at radius 2 is 2.30 bits per heavy atom. The lowest BCUT2D eigenvalue weighted by Crippen LogP contribution is -2.28. The Balaban J connectivity index is 3.49. The summed E-state index contributed by atoms with van der Waals surface area (Å²) in [5, 5.41) is 11.6. The minimum Gasteiger partial charge on any atom is -0.393 e. The number of hydrogen-bond donors (Lipinski definition) is 2. The molecule has 3 nitrogen and oxygen atoms in total. The van der Waals surface area contributed by atoms with Crippen molar-refractivity contribution in [2.75, 3.05) is 6.54 Å². The molecule has 0 radical (unpaired) electrons. The van der Waals surface area contributed by atoms with Gasteiger partial charge in [0.1, 0.15) is 0 Å². The monoisotopic (exact) mass is 145 g/mol. The number of rotatable bonds is 5. The van der Waals surface area contributed by atoms with Gasteiger partial charge in [0.2, 0.25) is 6.41 Å². The number of nitrogens with one attached hydrogen (secondary N) is 1. The van der Waals surface area contributed by atoms with E-state index in [1.165, 1.54) is 0 Å². The highest BCUT2D eigenvalue weighted by Gasteiger charge is 2.10. The van der Waals surface area contributed by atoms with Gasteiger partial charge in [-0.25, -0.2) is 0 Å². The third kappa shape index (κ3) is 3.45. The predicted molar refractivity (Wildman–Crippen MR) is 39.5 cm³/mol. The topological polar surface area (TPSA) is 49.3 Å². The van der Waals surface area contributed by atoms with Gasteiger partial charge in [0.05, 0.1) is 6.10 Å². The molecular formula is C7H15NO2. The summed E-state index contributed by atoms with van der Waals surface area (Å²) in [5.74, 6) is 0.185. The minimum absolute atomic E-state index is 0.185. The summed E-state index contributed by atoms with van der Waals surface area (Å²) in [7, 11) is 0. The van der Waals surface area contributed by atoms with Gasteiger partial charge in [-0.1, -0.05) is 6.92 Å². The summed E-state index contributed by atoms with van der Waals surface area (Å²) in [4.78, 5) is 9.86. The molecule has 0 aliphatic carbocycles. The average molecular weight is 145 g/mol. The summed E-state index contributed by atoms with van der Waals surface area (Å²) in [6.07, 6.45) is 1.21. The maximum Gasteiger partial charge on any atom is 0.207 e. The zero-order chi connectivity index (χ0) is 7.98. The average Bonchev–Trinajstić information content (AvgIpc) is 1.89. The molecule has 0 saturated heterocycles. The van der Waals surface area contributed by atoms with Gasteiger partial charge in [-0.2, -0.15) is 0 Å². The van der Waals surface area contributed by atoms with E-state index in [0.29, 0.717) is 13.0 Å². The van der Waals surface area contributed by atoms with E-state index in [2.05, 4.69) is 5.32 Å². The van der Waals surface area contributed by atoms with E-state index in [4.69, 9.17) is 5.11 Å². The van der Waals surface area contributed by atoms with Crippen molar-refractivity contribution in [3.05, 3.63) is 0 Å². The van der Waals surface area contributed by atoms with E-state index >= 15 is 0 Å². The first-order chi connectivity index (χ1) is 4.72. The van der Waals surface area contributed by atoms with Crippen LogP contribution in [0.4, 0.5) is 0 Å². The molecule has 0 aliphatic heterocycles. The van der Waals surface area contributed by atoms with Crippen LogP contribution in [0.15, 0.2) is 0 Å². The summed E-state index contributed by atoms with van der Waals surface area (Å²) in [5.41, 5.74) is 0. The van der Waals surface area contributed by atoms with Crippen LogP contribution in [0.2, 0.25) is 0 Å². The summed E-state index contributed by atoms with van der Waals surface area (Å²) in [6.45, 7) is 4.29. The second-order valence-electron chi connectivity index (χ2n) is 2.44. The lowest BCUT2D eigenvalue weighted by molar-refractivity contribution is -0.109. The Hall–Kier alpha value is -0.570. The number of carbonyl (C=O) groups is 1.